The van der Waals surface area contributed by atoms with Crippen molar-refractivity contribution < 1.29 is 8.78 Å². The first-order chi connectivity index (χ1) is 17.5. The summed E-state index contributed by atoms with van der Waals surface area (Å²) in [5.74, 6) is -0.844. The summed E-state index contributed by atoms with van der Waals surface area (Å²) in [6.45, 7) is 4.05. The van der Waals surface area contributed by atoms with Crippen LogP contribution in [0.1, 0.15) is 54.0 Å². The van der Waals surface area contributed by atoms with Gasteiger partial charge in [-0.3, -0.25) is 0 Å². The van der Waals surface area contributed by atoms with E-state index in [9.17, 15) is 8.78 Å². The third-order valence-corrected chi connectivity index (χ3v) is 6.86. The van der Waals surface area contributed by atoms with Gasteiger partial charge in [0.1, 0.15) is 11.6 Å². The van der Waals surface area contributed by atoms with Crippen molar-refractivity contribution in [2.45, 2.75) is 51.9 Å². The van der Waals surface area contributed by atoms with Crippen LogP contribution in [-0.4, -0.2) is 0 Å². The number of rotatable bonds is 10. The maximum Gasteiger partial charge on any atom is 0.129 e. The number of halogens is 2. The molecular weight excluding hydrogens is 446 g/mol. The summed E-state index contributed by atoms with van der Waals surface area (Å²) in [5.41, 5.74) is 6.82. The molecule has 0 saturated carbocycles. The Morgan fingerprint density at radius 3 is 1.75 bits per heavy atom. The van der Waals surface area contributed by atoms with Gasteiger partial charge in [0.15, 0.2) is 0 Å². The zero-order valence-electron chi connectivity index (χ0n) is 21.2. The molecule has 0 N–H and O–H groups in total. The quantitative estimate of drug-likeness (QED) is 0.198. The minimum absolute atomic E-state index is 0.0500. The van der Waals surface area contributed by atoms with E-state index in [4.69, 9.17) is 0 Å². The molecule has 0 radical (unpaired) electrons. The summed E-state index contributed by atoms with van der Waals surface area (Å²) in [6.07, 6.45) is 8.08. The third-order valence-electron chi connectivity index (χ3n) is 6.86. The van der Waals surface area contributed by atoms with Gasteiger partial charge in [-0.25, -0.2) is 8.78 Å². The van der Waals surface area contributed by atoms with Crippen LogP contribution >= 0.6 is 0 Å². The highest BCUT2D eigenvalue weighted by Crippen LogP contribution is 2.26. The molecule has 36 heavy (non-hydrogen) atoms. The van der Waals surface area contributed by atoms with Crippen LogP contribution in [0.3, 0.4) is 0 Å². The molecular formula is C34H34F2. The largest absolute Gasteiger partial charge is 0.207 e. The Bertz CT molecular complexity index is 1250. The first-order valence-electron chi connectivity index (χ1n) is 12.8. The van der Waals surface area contributed by atoms with Crippen molar-refractivity contribution in [3.63, 3.8) is 0 Å². The van der Waals surface area contributed by atoms with E-state index in [1.54, 1.807) is 0 Å². The van der Waals surface area contributed by atoms with Crippen LogP contribution in [0.15, 0.2) is 103 Å². The number of allylic oxidation sites excluding steroid dienone is 2. The average Bonchev–Trinajstić information content (AvgIpc) is 2.91. The van der Waals surface area contributed by atoms with Crippen molar-refractivity contribution in [2.75, 3.05) is 0 Å². The summed E-state index contributed by atoms with van der Waals surface area (Å²) in [6, 6.07) is 30.1. The molecule has 0 spiro atoms. The highest BCUT2D eigenvalue weighted by atomic mass is 19.1. The Kier molecular flexibility index (Phi) is 8.84. The molecule has 0 aliphatic heterocycles. The van der Waals surface area contributed by atoms with E-state index in [1.165, 1.54) is 28.8 Å². The fourth-order valence-corrected chi connectivity index (χ4v) is 4.63. The lowest BCUT2D eigenvalue weighted by atomic mass is 9.92. The third kappa shape index (κ3) is 6.79. The second-order valence-electron chi connectivity index (χ2n) is 9.56. The van der Waals surface area contributed by atoms with Gasteiger partial charge in [0.2, 0.25) is 0 Å². The minimum atomic E-state index is -0.447. The minimum Gasteiger partial charge on any atom is -0.207 e. The Labute approximate surface area is 214 Å². The number of hydrogen-bond acceptors (Lipinski definition) is 0. The first kappa shape index (κ1) is 25.6. The Morgan fingerprint density at radius 2 is 1.19 bits per heavy atom. The van der Waals surface area contributed by atoms with E-state index < -0.39 is 11.6 Å². The van der Waals surface area contributed by atoms with Gasteiger partial charge in [0, 0.05) is 5.56 Å². The molecule has 0 heterocycles. The van der Waals surface area contributed by atoms with E-state index in [0.717, 1.165) is 30.4 Å². The molecule has 2 heteroatoms. The second-order valence-corrected chi connectivity index (χ2v) is 9.56. The first-order valence-corrected chi connectivity index (χ1v) is 12.8. The van der Waals surface area contributed by atoms with Crippen LogP contribution in [-0.2, 0) is 25.7 Å². The lowest BCUT2D eigenvalue weighted by molar-refractivity contribution is 0.540. The van der Waals surface area contributed by atoms with Gasteiger partial charge in [-0.05, 0) is 90.5 Å². The number of hydrogen-bond donors (Lipinski definition) is 0. The highest BCUT2D eigenvalue weighted by molar-refractivity contribution is 5.64. The lowest BCUT2D eigenvalue weighted by Gasteiger charge is -2.14. The predicted octanol–water partition coefficient (Wildman–Crippen LogP) is 9.27. The number of aryl methyl sites for hydroxylation is 3. The van der Waals surface area contributed by atoms with Crippen LogP contribution in [0.5, 0.6) is 0 Å². The molecule has 0 aliphatic carbocycles. The van der Waals surface area contributed by atoms with Crippen LogP contribution in [0, 0.1) is 11.6 Å². The zero-order chi connectivity index (χ0) is 25.3. The SMILES string of the molecule is C/C=C/CCc1ccc(-c2ccc(CCc3cc(F)c(C[C@H](C)c4ccccc4)c(F)c3)cc2)cc1. The van der Waals surface area contributed by atoms with Crippen molar-refractivity contribution in [3.05, 3.63) is 143 Å². The van der Waals surface area contributed by atoms with Crippen molar-refractivity contribution in [3.8, 4) is 11.1 Å². The van der Waals surface area contributed by atoms with Crippen molar-refractivity contribution in [2.24, 2.45) is 0 Å². The molecule has 0 bridgehead atoms. The molecule has 184 valence electrons. The molecule has 4 aromatic carbocycles. The van der Waals surface area contributed by atoms with Crippen molar-refractivity contribution in [1.82, 2.24) is 0 Å². The van der Waals surface area contributed by atoms with Crippen LogP contribution in [0.2, 0.25) is 0 Å². The van der Waals surface area contributed by atoms with Crippen LogP contribution in [0.25, 0.3) is 11.1 Å². The van der Waals surface area contributed by atoms with E-state index in [1.807, 2.05) is 44.2 Å². The zero-order valence-corrected chi connectivity index (χ0v) is 21.2. The second kappa shape index (κ2) is 12.4. The monoisotopic (exact) mass is 480 g/mol. The van der Waals surface area contributed by atoms with Crippen molar-refractivity contribution in [1.29, 1.82) is 0 Å². The summed E-state index contributed by atoms with van der Waals surface area (Å²) < 4.78 is 29.7. The molecule has 0 amide bonds. The lowest BCUT2D eigenvalue weighted by Crippen LogP contribution is -2.05. The van der Waals surface area contributed by atoms with Gasteiger partial charge in [0.05, 0.1) is 0 Å². The number of benzene rings is 4. The average molecular weight is 481 g/mol. The maximum atomic E-state index is 14.8. The van der Waals surface area contributed by atoms with Gasteiger partial charge in [-0.2, -0.15) is 0 Å². The summed E-state index contributed by atoms with van der Waals surface area (Å²) in [4.78, 5) is 0. The Hall–Kier alpha value is -3.52. The molecule has 4 aromatic rings. The standard InChI is InChI=1S/C34H34F2/c1-3-4-6-9-26-14-18-30(19-15-26)31-20-16-27(17-21-31)12-13-28-23-33(35)32(34(36)24-28)22-25(2)29-10-7-5-8-11-29/h3-5,7-8,10-11,14-21,23-25H,6,9,12-13,22H2,1-2H3/b4-3+/t25-/m0/s1. The molecule has 0 unspecified atom stereocenters. The van der Waals surface area contributed by atoms with Crippen LogP contribution < -0.4 is 0 Å². The predicted molar refractivity (Wildman–Crippen MR) is 147 cm³/mol. The normalized spacial score (nSPS) is 12.2. The van der Waals surface area contributed by atoms with E-state index in [-0.39, 0.29) is 11.5 Å². The summed E-state index contributed by atoms with van der Waals surface area (Å²) >= 11 is 0. The molecule has 0 fully saturated rings. The van der Waals surface area contributed by atoms with Gasteiger partial charge >= 0.3 is 0 Å². The molecule has 0 aromatic heterocycles. The van der Waals surface area contributed by atoms with Gasteiger partial charge in [0.25, 0.3) is 0 Å². The van der Waals surface area contributed by atoms with Gasteiger partial charge < -0.3 is 0 Å². The topological polar surface area (TPSA) is 0 Å². The Morgan fingerprint density at radius 1 is 0.667 bits per heavy atom. The summed E-state index contributed by atoms with van der Waals surface area (Å²) in [5, 5.41) is 0. The van der Waals surface area contributed by atoms with Gasteiger partial charge in [-0.1, -0.05) is 97.9 Å². The fourth-order valence-electron chi connectivity index (χ4n) is 4.63. The highest BCUT2D eigenvalue weighted by Gasteiger charge is 2.16. The van der Waals surface area contributed by atoms with Crippen LogP contribution in [0.4, 0.5) is 8.78 Å². The molecule has 1 atom stereocenters. The smallest absolute Gasteiger partial charge is 0.129 e. The van der Waals surface area contributed by atoms with Gasteiger partial charge in [-0.15, -0.1) is 0 Å². The molecule has 4 rings (SSSR count). The summed E-state index contributed by atoms with van der Waals surface area (Å²) in [7, 11) is 0. The molecule has 0 saturated heterocycles. The van der Waals surface area contributed by atoms with E-state index in [2.05, 4.69) is 60.7 Å². The fraction of sp³-hybridized carbons (Fsp3) is 0.235. The maximum absolute atomic E-state index is 14.8. The van der Waals surface area contributed by atoms with Crippen molar-refractivity contribution >= 4 is 0 Å². The van der Waals surface area contributed by atoms with E-state index in [0.29, 0.717) is 18.4 Å². The Balaban J connectivity index is 1.36. The molecule has 0 nitrogen and oxygen atoms in total. The van der Waals surface area contributed by atoms with E-state index >= 15 is 0 Å². The molecule has 0 aliphatic rings.